The van der Waals surface area contributed by atoms with Crippen molar-refractivity contribution in [3.63, 3.8) is 0 Å². The van der Waals surface area contributed by atoms with E-state index in [0.717, 1.165) is 12.8 Å². The molecular weight excluding hydrogens is 474 g/mol. The summed E-state index contributed by atoms with van der Waals surface area (Å²) >= 11 is 0. The third-order valence-corrected chi connectivity index (χ3v) is 7.60. The van der Waals surface area contributed by atoms with Crippen molar-refractivity contribution in [2.75, 3.05) is 26.9 Å². The highest BCUT2D eigenvalue weighted by atomic mass is 16.6. The van der Waals surface area contributed by atoms with Crippen LogP contribution in [0.5, 0.6) is 5.75 Å². The Labute approximate surface area is 218 Å². The highest BCUT2D eigenvalue weighted by molar-refractivity contribution is 5.87. The van der Waals surface area contributed by atoms with Crippen molar-refractivity contribution in [1.82, 2.24) is 0 Å². The van der Waals surface area contributed by atoms with Crippen LogP contribution >= 0.6 is 0 Å². The second-order valence-electron chi connectivity index (χ2n) is 10.5. The number of rotatable bonds is 11. The lowest BCUT2D eigenvalue weighted by Crippen LogP contribution is -2.55. The number of nitrogens with zero attached hydrogens (tertiary/aromatic N) is 1. The Hall–Kier alpha value is -2.70. The molecule has 4 rings (SSSR count). The zero-order chi connectivity index (χ0) is 26.6. The molecular formula is C29H37NO7. The molecule has 2 saturated heterocycles. The van der Waals surface area contributed by atoms with E-state index >= 15 is 0 Å². The van der Waals surface area contributed by atoms with Crippen LogP contribution in [0.3, 0.4) is 0 Å². The van der Waals surface area contributed by atoms with Crippen LogP contribution in [0.25, 0.3) is 6.08 Å². The molecule has 1 aromatic rings. The molecule has 1 aromatic carbocycles. The lowest BCUT2D eigenvalue weighted by molar-refractivity contribution is -0.166. The van der Waals surface area contributed by atoms with Crippen molar-refractivity contribution < 1.29 is 33.6 Å². The maximum atomic E-state index is 12.8. The summed E-state index contributed by atoms with van der Waals surface area (Å²) in [5.41, 5.74) is 1.63. The fourth-order valence-corrected chi connectivity index (χ4v) is 5.53. The van der Waals surface area contributed by atoms with Gasteiger partial charge in [-0.2, -0.15) is 5.26 Å². The number of carbonyl (C=O) groups is 1. The van der Waals surface area contributed by atoms with Gasteiger partial charge in [-0.25, -0.2) is 4.79 Å². The van der Waals surface area contributed by atoms with Crippen molar-refractivity contribution in [3.05, 3.63) is 47.1 Å². The molecule has 6 atom stereocenters. The Morgan fingerprint density at radius 2 is 2.14 bits per heavy atom. The smallest absolute Gasteiger partial charge is 0.331 e. The van der Waals surface area contributed by atoms with Gasteiger partial charge in [0.1, 0.15) is 35.2 Å². The molecule has 0 unspecified atom stereocenters. The number of aliphatic hydroxyl groups excluding tert-OH is 1. The van der Waals surface area contributed by atoms with Crippen LogP contribution in [0.2, 0.25) is 0 Å². The fourth-order valence-electron chi connectivity index (χ4n) is 5.53. The van der Waals surface area contributed by atoms with Gasteiger partial charge in [0.15, 0.2) is 0 Å². The van der Waals surface area contributed by atoms with Gasteiger partial charge in [-0.3, -0.25) is 0 Å². The average molecular weight is 512 g/mol. The van der Waals surface area contributed by atoms with Gasteiger partial charge in [0, 0.05) is 26.2 Å². The largest absolute Gasteiger partial charge is 0.492 e. The molecule has 1 spiro atoms. The average Bonchev–Trinajstić information content (AvgIpc) is 3.80. The summed E-state index contributed by atoms with van der Waals surface area (Å²) in [6.07, 6.45) is 7.28. The van der Waals surface area contributed by atoms with Crippen LogP contribution in [0.15, 0.2) is 35.9 Å². The third-order valence-electron chi connectivity index (χ3n) is 7.60. The van der Waals surface area contributed by atoms with Gasteiger partial charge in [-0.1, -0.05) is 17.7 Å². The van der Waals surface area contributed by atoms with E-state index in [0.29, 0.717) is 42.9 Å². The summed E-state index contributed by atoms with van der Waals surface area (Å²) in [5, 5.41) is 18.3. The number of methoxy groups -OCH3 is 1. The second-order valence-corrected chi connectivity index (χ2v) is 10.5. The molecule has 2 heterocycles. The number of esters is 1. The number of epoxide rings is 2. The van der Waals surface area contributed by atoms with E-state index in [9.17, 15) is 10.1 Å². The summed E-state index contributed by atoms with van der Waals surface area (Å²) in [7, 11) is 1.65. The van der Waals surface area contributed by atoms with Crippen molar-refractivity contribution in [2.45, 2.75) is 76.0 Å². The molecule has 0 bridgehead atoms. The van der Waals surface area contributed by atoms with E-state index in [-0.39, 0.29) is 30.3 Å². The quantitative estimate of drug-likeness (QED) is 0.156. The SMILES string of the molecule is CO[C@@H]1[C@H](OC(=O)C=Cc2ccc(OCCCO)c(C#N)c2)CC[C@]2(CO2)[C@H]1[C@@]1(C)O[C@@H]1CC=C(C)C. The van der Waals surface area contributed by atoms with Gasteiger partial charge in [0.2, 0.25) is 0 Å². The van der Waals surface area contributed by atoms with E-state index in [1.165, 1.54) is 11.6 Å². The molecule has 3 aliphatic rings. The Morgan fingerprint density at radius 1 is 1.35 bits per heavy atom. The molecule has 37 heavy (non-hydrogen) atoms. The van der Waals surface area contributed by atoms with E-state index in [1.54, 1.807) is 31.4 Å². The topological polar surface area (TPSA) is 114 Å². The minimum Gasteiger partial charge on any atom is -0.492 e. The second kappa shape index (κ2) is 11.4. The first kappa shape index (κ1) is 27.3. The van der Waals surface area contributed by atoms with Crippen molar-refractivity contribution in [3.8, 4) is 11.8 Å². The number of nitriles is 1. The van der Waals surface area contributed by atoms with Gasteiger partial charge in [-0.15, -0.1) is 0 Å². The fraction of sp³-hybridized carbons (Fsp3) is 0.586. The van der Waals surface area contributed by atoms with Crippen LogP contribution in [-0.2, 0) is 23.7 Å². The van der Waals surface area contributed by atoms with Gasteiger partial charge in [0.05, 0.1) is 30.8 Å². The maximum absolute atomic E-state index is 12.8. The predicted octanol–water partition coefficient (Wildman–Crippen LogP) is 3.95. The van der Waals surface area contributed by atoms with Crippen molar-refractivity contribution >= 4 is 12.0 Å². The molecule has 1 saturated carbocycles. The predicted molar refractivity (Wildman–Crippen MR) is 137 cm³/mol. The molecule has 0 aromatic heterocycles. The highest BCUT2D eigenvalue weighted by Gasteiger charge is 2.72. The maximum Gasteiger partial charge on any atom is 0.331 e. The van der Waals surface area contributed by atoms with Gasteiger partial charge in [-0.05, 0) is 63.8 Å². The summed E-state index contributed by atoms with van der Waals surface area (Å²) in [6.45, 7) is 7.29. The lowest BCUT2D eigenvalue weighted by atomic mass is 9.68. The summed E-state index contributed by atoms with van der Waals surface area (Å²) in [4.78, 5) is 12.8. The molecule has 2 aliphatic heterocycles. The zero-order valence-corrected chi connectivity index (χ0v) is 22.1. The Balaban J connectivity index is 1.41. The first-order valence-corrected chi connectivity index (χ1v) is 12.9. The summed E-state index contributed by atoms with van der Waals surface area (Å²) in [5.74, 6) is -0.0578. The Morgan fingerprint density at radius 3 is 2.78 bits per heavy atom. The standard InChI is InChI=1S/C29H37NO7/c1-19(2)6-10-24-28(3,37-24)27-26(33-4)23(12-13-29(27)18-35-29)36-25(32)11-8-20-7-9-22(21(16-20)17-30)34-15-5-14-31/h6-9,11,16,23-24,26-27,31H,5,10,12-15,18H2,1-4H3/t23-,24-,26-,27-,28+,29+/m1/s1. The molecule has 200 valence electrons. The molecule has 0 radical (unpaired) electrons. The molecule has 8 heteroatoms. The molecule has 0 amide bonds. The normalized spacial score (nSPS) is 32.1. The molecule has 3 fully saturated rings. The number of hydrogen-bond donors (Lipinski definition) is 1. The Bertz CT molecular complexity index is 1080. The molecule has 8 nitrogen and oxygen atoms in total. The zero-order valence-electron chi connectivity index (χ0n) is 22.1. The number of allylic oxidation sites excluding steroid dienone is 1. The minimum atomic E-state index is -0.469. The van der Waals surface area contributed by atoms with Crippen LogP contribution in [-0.4, -0.2) is 67.5 Å². The van der Waals surface area contributed by atoms with Crippen molar-refractivity contribution in [2.24, 2.45) is 5.92 Å². The number of benzene rings is 1. The van der Waals surface area contributed by atoms with Crippen LogP contribution < -0.4 is 4.74 Å². The number of aliphatic hydroxyl groups is 1. The van der Waals surface area contributed by atoms with Crippen LogP contribution in [0.1, 0.15) is 57.6 Å². The van der Waals surface area contributed by atoms with Gasteiger partial charge in [0.25, 0.3) is 0 Å². The third kappa shape index (κ3) is 6.07. The monoisotopic (exact) mass is 511 g/mol. The van der Waals surface area contributed by atoms with Crippen molar-refractivity contribution in [1.29, 1.82) is 5.26 Å². The minimum absolute atomic E-state index is 0.0211. The van der Waals surface area contributed by atoms with Crippen LogP contribution in [0, 0.1) is 17.2 Å². The van der Waals surface area contributed by atoms with E-state index in [1.807, 2.05) is 0 Å². The molecule has 1 aliphatic carbocycles. The highest BCUT2D eigenvalue weighted by Crippen LogP contribution is 2.59. The summed E-state index contributed by atoms with van der Waals surface area (Å²) < 4.78 is 29.5. The van der Waals surface area contributed by atoms with Gasteiger partial charge >= 0.3 is 5.97 Å². The van der Waals surface area contributed by atoms with E-state index in [2.05, 4.69) is 32.9 Å². The van der Waals surface area contributed by atoms with Gasteiger partial charge < -0.3 is 28.8 Å². The lowest BCUT2D eigenvalue weighted by Gasteiger charge is -2.42. The van der Waals surface area contributed by atoms with Crippen LogP contribution in [0.4, 0.5) is 0 Å². The van der Waals surface area contributed by atoms with E-state index < -0.39 is 17.7 Å². The number of hydrogen-bond acceptors (Lipinski definition) is 8. The first-order valence-electron chi connectivity index (χ1n) is 12.9. The Kier molecular flexibility index (Phi) is 8.39. The number of ether oxygens (including phenoxy) is 5. The summed E-state index contributed by atoms with van der Waals surface area (Å²) in [6, 6.07) is 7.21. The molecule has 1 N–H and O–H groups in total. The number of carbonyl (C=O) groups excluding carboxylic acids is 1. The van der Waals surface area contributed by atoms with E-state index in [4.69, 9.17) is 28.8 Å². The first-order chi connectivity index (χ1) is 17.8.